The Bertz CT molecular complexity index is 609. The van der Waals surface area contributed by atoms with Crippen molar-refractivity contribution in [2.24, 2.45) is 0 Å². The van der Waals surface area contributed by atoms with Crippen molar-refractivity contribution in [3.05, 3.63) is 68.1 Å². The minimum atomic E-state index is -0.754. The quantitative estimate of drug-likeness (QED) is 0.548. The molecule has 0 fully saturated rings. The first-order valence-electron chi connectivity index (χ1n) is 4.94. The topological polar surface area (TPSA) is 17.1 Å². The molecule has 0 radical (unpaired) electrons. The molecule has 0 heterocycles. The molecule has 0 aliphatic rings. The average Bonchev–Trinajstić information content (AvgIpc) is 2.34. The van der Waals surface area contributed by atoms with Crippen LogP contribution in [0.4, 0.5) is 8.78 Å². The lowest BCUT2D eigenvalue weighted by Gasteiger charge is -2.04. The summed E-state index contributed by atoms with van der Waals surface area (Å²) in [5.74, 6) is -1.97. The van der Waals surface area contributed by atoms with Crippen LogP contribution in [0.1, 0.15) is 15.9 Å². The van der Waals surface area contributed by atoms with Crippen molar-refractivity contribution in [2.75, 3.05) is 0 Å². The molecule has 2 aromatic carbocycles. The average molecular weight is 376 g/mol. The second-order valence-electron chi connectivity index (χ2n) is 3.58. The van der Waals surface area contributed by atoms with Crippen molar-refractivity contribution < 1.29 is 13.6 Å². The summed E-state index contributed by atoms with van der Waals surface area (Å²) in [4.78, 5) is 12.0. The molecule has 0 saturated carbocycles. The van der Waals surface area contributed by atoms with Crippen LogP contribution >= 0.6 is 31.9 Å². The zero-order chi connectivity index (χ0) is 13.3. The Hall–Kier alpha value is -1.07. The first-order valence-corrected chi connectivity index (χ1v) is 6.52. The number of hydrogen-bond donors (Lipinski definition) is 0. The molecule has 92 valence electrons. The van der Waals surface area contributed by atoms with Crippen LogP contribution in [0.5, 0.6) is 0 Å². The molecule has 0 saturated heterocycles. The van der Waals surface area contributed by atoms with E-state index in [1.165, 1.54) is 0 Å². The second-order valence-corrected chi connectivity index (χ2v) is 5.35. The highest BCUT2D eigenvalue weighted by Crippen LogP contribution is 2.22. The van der Waals surface area contributed by atoms with Gasteiger partial charge < -0.3 is 0 Å². The molecule has 0 aliphatic carbocycles. The molecule has 5 heteroatoms. The highest BCUT2D eigenvalue weighted by atomic mass is 79.9. The van der Waals surface area contributed by atoms with Gasteiger partial charge >= 0.3 is 0 Å². The van der Waals surface area contributed by atoms with Gasteiger partial charge in [-0.15, -0.1) is 0 Å². The summed E-state index contributed by atoms with van der Waals surface area (Å²) < 4.78 is 27.7. The predicted molar refractivity (Wildman–Crippen MR) is 71.6 cm³/mol. The Morgan fingerprint density at radius 3 is 2.17 bits per heavy atom. The van der Waals surface area contributed by atoms with E-state index in [-0.39, 0.29) is 10.0 Å². The molecular formula is C13H6Br2F2O. The van der Waals surface area contributed by atoms with E-state index in [1.807, 2.05) is 0 Å². The largest absolute Gasteiger partial charge is 0.288 e. The summed E-state index contributed by atoms with van der Waals surface area (Å²) >= 11 is 6.10. The summed E-state index contributed by atoms with van der Waals surface area (Å²) in [6, 6.07) is 8.27. The monoisotopic (exact) mass is 374 g/mol. The fourth-order valence-electron chi connectivity index (χ4n) is 1.45. The summed E-state index contributed by atoms with van der Waals surface area (Å²) in [6.45, 7) is 0. The fourth-order valence-corrected chi connectivity index (χ4v) is 2.03. The molecular weight excluding hydrogens is 370 g/mol. The molecule has 18 heavy (non-hydrogen) atoms. The van der Waals surface area contributed by atoms with Gasteiger partial charge in [0.2, 0.25) is 0 Å². The number of halogens is 4. The predicted octanol–water partition coefficient (Wildman–Crippen LogP) is 4.72. The second kappa shape index (κ2) is 5.28. The van der Waals surface area contributed by atoms with Gasteiger partial charge in [-0.25, -0.2) is 8.78 Å². The van der Waals surface area contributed by atoms with Gasteiger partial charge in [0.1, 0.15) is 11.6 Å². The van der Waals surface area contributed by atoms with E-state index < -0.39 is 17.4 Å². The smallest absolute Gasteiger partial charge is 0.196 e. The molecule has 0 bridgehead atoms. The van der Waals surface area contributed by atoms with Gasteiger partial charge in [-0.3, -0.25) is 4.79 Å². The fraction of sp³-hybridized carbons (Fsp3) is 0. The number of hydrogen-bond acceptors (Lipinski definition) is 1. The zero-order valence-electron chi connectivity index (χ0n) is 8.88. The van der Waals surface area contributed by atoms with Gasteiger partial charge in [0.05, 0.1) is 10.0 Å². The van der Waals surface area contributed by atoms with E-state index in [2.05, 4.69) is 31.9 Å². The maximum absolute atomic E-state index is 13.6. The lowest BCUT2D eigenvalue weighted by Crippen LogP contribution is -2.05. The first-order chi connectivity index (χ1) is 8.49. The van der Waals surface area contributed by atoms with E-state index in [4.69, 9.17) is 0 Å². The van der Waals surface area contributed by atoms with Gasteiger partial charge in [0.25, 0.3) is 0 Å². The van der Waals surface area contributed by atoms with Gasteiger partial charge in [0, 0.05) is 10.0 Å². The van der Waals surface area contributed by atoms with Crippen LogP contribution < -0.4 is 0 Å². The molecule has 0 amide bonds. The van der Waals surface area contributed by atoms with Gasteiger partial charge in [-0.2, -0.15) is 0 Å². The Kier molecular flexibility index (Phi) is 3.92. The van der Waals surface area contributed by atoms with Gasteiger partial charge in [0.15, 0.2) is 5.78 Å². The highest BCUT2D eigenvalue weighted by molar-refractivity contribution is 9.10. The summed E-state index contributed by atoms with van der Waals surface area (Å²) in [7, 11) is 0. The summed E-state index contributed by atoms with van der Waals surface area (Å²) in [5, 5.41) is 0. The van der Waals surface area contributed by atoms with Crippen molar-refractivity contribution >= 4 is 37.6 Å². The number of rotatable bonds is 2. The molecule has 1 nitrogen and oxygen atoms in total. The maximum Gasteiger partial charge on any atom is 0.196 e. The normalized spacial score (nSPS) is 10.4. The van der Waals surface area contributed by atoms with E-state index in [1.54, 1.807) is 24.3 Å². The number of carbonyl (C=O) groups is 1. The molecule has 0 unspecified atom stereocenters. The molecule has 2 aromatic rings. The van der Waals surface area contributed by atoms with Gasteiger partial charge in [-0.05, 0) is 52.3 Å². The lowest BCUT2D eigenvalue weighted by atomic mass is 10.0. The summed E-state index contributed by atoms with van der Waals surface area (Å²) in [6.07, 6.45) is 0. The Morgan fingerprint density at radius 1 is 0.944 bits per heavy atom. The molecule has 2 rings (SSSR count). The van der Waals surface area contributed by atoms with Crippen LogP contribution in [0.2, 0.25) is 0 Å². The van der Waals surface area contributed by atoms with Crippen LogP contribution in [-0.2, 0) is 0 Å². The lowest BCUT2D eigenvalue weighted by molar-refractivity contribution is 0.103. The van der Waals surface area contributed by atoms with Crippen molar-refractivity contribution in [3.63, 3.8) is 0 Å². The molecule has 0 atom stereocenters. The molecule has 0 spiro atoms. The highest BCUT2D eigenvalue weighted by Gasteiger charge is 2.16. The zero-order valence-corrected chi connectivity index (χ0v) is 12.1. The Morgan fingerprint density at radius 2 is 1.56 bits per heavy atom. The number of ketones is 1. The van der Waals surface area contributed by atoms with Gasteiger partial charge in [-0.1, -0.05) is 15.9 Å². The Balaban J connectivity index is 2.46. The molecule has 0 aliphatic heterocycles. The van der Waals surface area contributed by atoms with Crippen LogP contribution in [0, 0.1) is 11.6 Å². The van der Waals surface area contributed by atoms with Crippen LogP contribution in [0.15, 0.2) is 45.3 Å². The van der Waals surface area contributed by atoms with Crippen molar-refractivity contribution in [1.29, 1.82) is 0 Å². The maximum atomic E-state index is 13.6. The van der Waals surface area contributed by atoms with Crippen LogP contribution in [0.25, 0.3) is 0 Å². The van der Waals surface area contributed by atoms with E-state index in [0.29, 0.717) is 5.56 Å². The number of benzene rings is 2. The summed E-state index contributed by atoms with van der Waals surface area (Å²) in [5.41, 5.74) is 0.0249. The minimum Gasteiger partial charge on any atom is -0.288 e. The number of carbonyl (C=O) groups excluding carboxylic acids is 1. The van der Waals surface area contributed by atoms with E-state index in [9.17, 15) is 13.6 Å². The third-order valence-electron chi connectivity index (χ3n) is 2.36. The minimum absolute atomic E-state index is 0.00708. The SMILES string of the molecule is O=C(c1ccc(Br)cc1)c1cc(F)c(Br)cc1F. The molecule has 0 N–H and O–H groups in total. The standard InChI is InChI=1S/C13H6Br2F2O/c14-8-3-1-7(2-4-8)13(18)9-5-12(17)10(15)6-11(9)16/h1-6H. The van der Waals surface area contributed by atoms with Crippen LogP contribution in [-0.4, -0.2) is 5.78 Å². The third-order valence-corrected chi connectivity index (χ3v) is 3.50. The van der Waals surface area contributed by atoms with Crippen LogP contribution in [0.3, 0.4) is 0 Å². The third kappa shape index (κ3) is 2.67. The first kappa shape index (κ1) is 13.4. The van der Waals surface area contributed by atoms with Crippen molar-refractivity contribution in [2.45, 2.75) is 0 Å². The van der Waals surface area contributed by atoms with Crippen molar-refractivity contribution in [3.8, 4) is 0 Å². The Labute approximate surface area is 119 Å². The van der Waals surface area contributed by atoms with E-state index in [0.717, 1.165) is 16.6 Å². The van der Waals surface area contributed by atoms with Crippen molar-refractivity contribution in [1.82, 2.24) is 0 Å². The van der Waals surface area contributed by atoms with E-state index >= 15 is 0 Å². The molecule has 0 aromatic heterocycles.